The Bertz CT molecular complexity index is 561. The van der Waals surface area contributed by atoms with Crippen molar-refractivity contribution in [3.8, 4) is 0 Å². The average Bonchev–Trinajstić information content (AvgIpc) is 2.50. The van der Waals surface area contributed by atoms with Gasteiger partial charge in [0, 0.05) is 34.2 Å². The summed E-state index contributed by atoms with van der Waals surface area (Å²) < 4.78 is 0. The number of halogens is 2. The number of rotatable bonds is 6. The number of amides is 1. The monoisotopic (exact) mass is 358 g/mol. The first-order valence-electron chi connectivity index (χ1n) is 7.48. The molecule has 23 heavy (non-hydrogen) atoms. The summed E-state index contributed by atoms with van der Waals surface area (Å²) in [6, 6.07) is 5.54. The third-order valence-electron chi connectivity index (χ3n) is 3.16. The van der Waals surface area contributed by atoms with Crippen LogP contribution in [0.4, 0.5) is 0 Å². The van der Waals surface area contributed by atoms with E-state index in [1.54, 1.807) is 20.2 Å². The number of likely N-dealkylation sites (N-methyl/N-ethyl adjacent to an activating group) is 1. The van der Waals surface area contributed by atoms with Crippen LogP contribution in [0.5, 0.6) is 0 Å². The number of carbonyl (C=O) groups is 1. The highest BCUT2D eigenvalue weighted by Crippen LogP contribution is 2.23. The predicted octanol–water partition coefficient (Wildman–Crippen LogP) is 2.87. The van der Waals surface area contributed by atoms with Crippen molar-refractivity contribution in [2.75, 3.05) is 34.2 Å². The summed E-state index contributed by atoms with van der Waals surface area (Å²) in [4.78, 5) is 19.6. The SMILES string of the molecule is CCCNC(=NCC(=O)N(C)C)N(C)Cc1ccc(Cl)c(Cl)c1. The summed E-state index contributed by atoms with van der Waals surface area (Å²) in [5, 5.41) is 4.32. The smallest absolute Gasteiger partial charge is 0.243 e. The zero-order valence-corrected chi connectivity index (χ0v) is 15.6. The van der Waals surface area contributed by atoms with Crippen molar-refractivity contribution in [2.45, 2.75) is 19.9 Å². The first kappa shape index (κ1) is 19.6. The molecule has 1 N–H and O–H groups in total. The number of hydrogen-bond donors (Lipinski definition) is 1. The maximum atomic E-state index is 11.7. The van der Waals surface area contributed by atoms with Crippen LogP contribution < -0.4 is 5.32 Å². The molecule has 1 aromatic carbocycles. The molecule has 1 aromatic rings. The maximum absolute atomic E-state index is 11.7. The topological polar surface area (TPSA) is 47.9 Å². The van der Waals surface area contributed by atoms with Crippen molar-refractivity contribution in [3.63, 3.8) is 0 Å². The third-order valence-corrected chi connectivity index (χ3v) is 3.90. The van der Waals surface area contributed by atoms with Crippen molar-refractivity contribution >= 4 is 35.1 Å². The van der Waals surface area contributed by atoms with Gasteiger partial charge >= 0.3 is 0 Å². The fourth-order valence-electron chi connectivity index (χ4n) is 1.82. The van der Waals surface area contributed by atoms with Gasteiger partial charge in [0.1, 0.15) is 6.54 Å². The number of nitrogens with zero attached hydrogens (tertiary/aromatic N) is 3. The van der Waals surface area contributed by atoms with E-state index < -0.39 is 0 Å². The fraction of sp³-hybridized carbons (Fsp3) is 0.500. The summed E-state index contributed by atoms with van der Waals surface area (Å²) in [6.45, 7) is 3.60. The molecule has 0 saturated heterocycles. The Morgan fingerprint density at radius 3 is 2.48 bits per heavy atom. The minimum absolute atomic E-state index is 0.0382. The van der Waals surface area contributed by atoms with Gasteiger partial charge < -0.3 is 15.1 Å². The van der Waals surface area contributed by atoms with Crippen LogP contribution in [0.1, 0.15) is 18.9 Å². The lowest BCUT2D eigenvalue weighted by molar-refractivity contribution is -0.127. The third kappa shape index (κ3) is 6.67. The van der Waals surface area contributed by atoms with Gasteiger partial charge in [-0.15, -0.1) is 0 Å². The van der Waals surface area contributed by atoms with E-state index in [9.17, 15) is 4.79 Å². The van der Waals surface area contributed by atoms with E-state index in [-0.39, 0.29) is 12.5 Å². The lowest BCUT2D eigenvalue weighted by Gasteiger charge is -2.23. The molecule has 0 fully saturated rings. The Morgan fingerprint density at radius 1 is 1.22 bits per heavy atom. The first-order valence-corrected chi connectivity index (χ1v) is 8.24. The molecule has 1 amide bonds. The van der Waals surface area contributed by atoms with Gasteiger partial charge in [0.05, 0.1) is 10.0 Å². The van der Waals surface area contributed by atoms with Crippen molar-refractivity contribution in [2.24, 2.45) is 4.99 Å². The predicted molar refractivity (Wildman–Crippen MR) is 97.2 cm³/mol. The molecule has 0 aliphatic heterocycles. The minimum Gasteiger partial charge on any atom is -0.356 e. The molecule has 0 heterocycles. The summed E-state index contributed by atoms with van der Waals surface area (Å²) >= 11 is 12.0. The zero-order valence-electron chi connectivity index (χ0n) is 14.1. The molecule has 0 spiro atoms. The van der Waals surface area contributed by atoms with E-state index in [1.165, 1.54) is 4.90 Å². The molecule has 0 unspecified atom stereocenters. The molecule has 128 valence electrons. The Labute approximate surface area is 148 Å². The Morgan fingerprint density at radius 2 is 1.91 bits per heavy atom. The van der Waals surface area contributed by atoms with E-state index >= 15 is 0 Å². The molecule has 0 radical (unpaired) electrons. The average molecular weight is 359 g/mol. The van der Waals surface area contributed by atoms with E-state index in [2.05, 4.69) is 17.2 Å². The second kappa shape index (κ2) is 9.63. The number of benzene rings is 1. The highest BCUT2D eigenvalue weighted by atomic mass is 35.5. The van der Waals surface area contributed by atoms with Crippen LogP contribution in [0, 0.1) is 0 Å². The van der Waals surface area contributed by atoms with Gasteiger partial charge in [0.25, 0.3) is 0 Å². The lowest BCUT2D eigenvalue weighted by atomic mass is 10.2. The van der Waals surface area contributed by atoms with Gasteiger partial charge in [0.15, 0.2) is 5.96 Å². The van der Waals surface area contributed by atoms with Crippen molar-refractivity contribution in [1.82, 2.24) is 15.1 Å². The van der Waals surface area contributed by atoms with Gasteiger partial charge in [-0.25, -0.2) is 4.99 Å². The normalized spacial score (nSPS) is 11.3. The number of carbonyl (C=O) groups excluding carboxylic acids is 1. The fourth-order valence-corrected chi connectivity index (χ4v) is 2.14. The number of guanidine groups is 1. The minimum atomic E-state index is -0.0382. The first-order chi connectivity index (χ1) is 10.8. The Balaban J connectivity index is 2.81. The molecule has 0 aliphatic rings. The van der Waals surface area contributed by atoms with E-state index in [4.69, 9.17) is 23.2 Å². The highest BCUT2D eigenvalue weighted by Gasteiger charge is 2.10. The van der Waals surface area contributed by atoms with Crippen LogP contribution in [-0.4, -0.2) is 55.9 Å². The van der Waals surface area contributed by atoms with E-state index in [1.807, 2.05) is 24.1 Å². The molecule has 0 aromatic heterocycles. The highest BCUT2D eigenvalue weighted by molar-refractivity contribution is 6.42. The molecule has 0 atom stereocenters. The molecular formula is C16H24Cl2N4O. The maximum Gasteiger partial charge on any atom is 0.243 e. The van der Waals surface area contributed by atoms with Gasteiger partial charge in [0.2, 0.25) is 5.91 Å². The number of nitrogens with one attached hydrogen (secondary N) is 1. The van der Waals surface area contributed by atoms with Gasteiger partial charge in [-0.05, 0) is 24.1 Å². The summed E-state index contributed by atoms with van der Waals surface area (Å²) in [5.41, 5.74) is 1.02. The molecule has 0 saturated carbocycles. The number of hydrogen-bond acceptors (Lipinski definition) is 2. The van der Waals surface area contributed by atoms with Crippen molar-refractivity contribution in [1.29, 1.82) is 0 Å². The molecule has 7 heteroatoms. The van der Waals surface area contributed by atoms with Crippen molar-refractivity contribution < 1.29 is 4.79 Å². The van der Waals surface area contributed by atoms with Crippen LogP contribution in [-0.2, 0) is 11.3 Å². The van der Waals surface area contributed by atoms with Gasteiger partial charge in [-0.1, -0.05) is 36.2 Å². The zero-order chi connectivity index (χ0) is 17.4. The van der Waals surface area contributed by atoms with Gasteiger partial charge in [-0.3, -0.25) is 4.79 Å². The molecule has 0 bridgehead atoms. The Hall–Kier alpha value is -1.46. The Kier molecular flexibility index (Phi) is 8.20. The summed E-state index contributed by atoms with van der Waals surface area (Å²) in [5.74, 6) is 0.650. The molecule has 5 nitrogen and oxygen atoms in total. The molecule has 0 aliphatic carbocycles. The number of aliphatic imine (C=N–C) groups is 1. The van der Waals surface area contributed by atoms with Crippen LogP contribution in [0.15, 0.2) is 23.2 Å². The lowest BCUT2D eigenvalue weighted by Crippen LogP contribution is -2.39. The van der Waals surface area contributed by atoms with Gasteiger partial charge in [-0.2, -0.15) is 0 Å². The quantitative estimate of drug-likeness (QED) is 0.628. The second-order valence-corrected chi connectivity index (χ2v) is 6.27. The second-order valence-electron chi connectivity index (χ2n) is 5.46. The largest absolute Gasteiger partial charge is 0.356 e. The van der Waals surface area contributed by atoms with E-state index in [0.717, 1.165) is 18.5 Å². The van der Waals surface area contributed by atoms with Crippen LogP contribution in [0.2, 0.25) is 10.0 Å². The molecular weight excluding hydrogens is 335 g/mol. The summed E-state index contributed by atoms with van der Waals surface area (Å²) in [7, 11) is 5.36. The standard InChI is InChI=1S/C16H24Cl2N4O/c1-5-8-19-16(20-10-15(23)21(2)3)22(4)11-12-6-7-13(17)14(18)9-12/h6-7,9H,5,8,10-11H2,1-4H3,(H,19,20). The summed E-state index contributed by atoms with van der Waals surface area (Å²) in [6.07, 6.45) is 0.973. The van der Waals surface area contributed by atoms with Crippen LogP contribution in [0.25, 0.3) is 0 Å². The van der Waals surface area contributed by atoms with Crippen LogP contribution in [0.3, 0.4) is 0 Å². The van der Waals surface area contributed by atoms with Crippen LogP contribution >= 0.6 is 23.2 Å². The van der Waals surface area contributed by atoms with Crippen molar-refractivity contribution in [3.05, 3.63) is 33.8 Å². The van der Waals surface area contributed by atoms with E-state index in [0.29, 0.717) is 22.5 Å². The molecule has 1 rings (SSSR count).